The van der Waals surface area contributed by atoms with Gasteiger partial charge in [-0.1, -0.05) is 87.5 Å². The van der Waals surface area contributed by atoms with Crippen LogP contribution >= 0.6 is 0 Å². The maximum atomic E-state index is 7.11. The highest BCUT2D eigenvalue weighted by Gasteiger charge is 2.56. The summed E-state index contributed by atoms with van der Waals surface area (Å²) in [5.41, 5.74) is 2.13. The summed E-state index contributed by atoms with van der Waals surface area (Å²) in [5.74, 6) is -0.728. The van der Waals surface area contributed by atoms with Gasteiger partial charge in [0.25, 0.3) is 0 Å². The van der Waals surface area contributed by atoms with Crippen LogP contribution < -0.4 is 0 Å². The van der Waals surface area contributed by atoms with Crippen molar-refractivity contribution in [3.05, 3.63) is 83.9 Å². The first-order valence-corrected chi connectivity index (χ1v) is 21.0. The largest absolute Gasteiger partial charge is 0.370 e. The second-order valence-corrected chi connectivity index (χ2v) is 16.7. The van der Waals surface area contributed by atoms with Crippen LogP contribution in [0.1, 0.15) is 52.7 Å². The van der Waals surface area contributed by atoms with Crippen LogP contribution in [0.25, 0.3) is 10.8 Å². The molecule has 0 N–H and O–H groups in total. The van der Waals surface area contributed by atoms with Gasteiger partial charge >= 0.3 is 0 Å². The van der Waals surface area contributed by atoms with E-state index in [1.165, 1.54) is 10.8 Å². The standard InChI is InChI=1S/C45H58O13/c1-24-37(49-20-31-16-17-32-14-10-11-15-33(32)18-31)40-34(21-46-27(4)51-40)55-44(24)58-39-26(3)45(56-36-23-48-29(6)53-42(36)39)57-38-25(2)43(50-19-30-12-8-7-9-13-30)54-35-22-47-28(5)52-41(35)38/h7-18,24-29,34-45H,19-23H2,1-6H3. The highest BCUT2D eigenvalue weighted by molar-refractivity contribution is 5.82. The van der Waals surface area contributed by atoms with Crippen LogP contribution in [0.15, 0.2) is 72.8 Å². The van der Waals surface area contributed by atoms with E-state index in [1.807, 2.05) is 57.2 Å². The summed E-state index contributed by atoms with van der Waals surface area (Å²) in [5, 5.41) is 2.36. The van der Waals surface area contributed by atoms with E-state index in [4.69, 9.17) is 61.6 Å². The van der Waals surface area contributed by atoms with E-state index in [-0.39, 0.29) is 36.3 Å². The number of hydrogen-bond acceptors (Lipinski definition) is 13. The summed E-state index contributed by atoms with van der Waals surface area (Å²) in [6.07, 6.45) is -6.88. The van der Waals surface area contributed by atoms with E-state index in [0.717, 1.165) is 11.1 Å². The molecule has 18 unspecified atom stereocenters. The summed E-state index contributed by atoms with van der Waals surface area (Å²) in [4.78, 5) is 0. The van der Waals surface area contributed by atoms with Gasteiger partial charge in [0.1, 0.15) is 36.6 Å². The van der Waals surface area contributed by atoms with Gasteiger partial charge in [-0.15, -0.1) is 0 Å². The molecule has 6 saturated heterocycles. The van der Waals surface area contributed by atoms with Crippen molar-refractivity contribution in [3.63, 3.8) is 0 Å². The zero-order chi connectivity index (χ0) is 39.9. The van der Waals surface area contributed by atoms with E-state index in [9.17, 15) is 0 Å². The highest BCUT2D eigenvalue weighted by Crippen LogP contribution is 2.42. The SMILES string of the molecule is CC1OCC2OC(OC3C(C)C(OC4C(C)C(OCc5ccccc5)OC5COC(C)OC54)OC4COC(C)OC43)C(C)C(OCc3ccc4ccccc4c3)C2O1. The zero-order valence-corrected chi connectivity index (χ0v) is 34.2. The quantitative estimate of drug-likeness (QED) is 0.236. The normalized spacial score (nSPS) is 42.9. The maximum Gasteiger partial charge on any atom is 0.163 e. The predicted octanol–water partition coefficient (Wildman–Crippen LogP) is 6.08. The fourth-order valence-corrected chi connectivity index (χ4v) is 9.22. The van der Waals surface area contributed by atoms with Crippen molar-refractivity contribution in [2.75, 3.05) is 19.8 Å². The molecule has 9 rings (SSSR count). The highest BCUT2D eigenvalue weighted by atomic mass is 16.8. The molecule has 18 atom stereocenters. The lowest BCUT2D eigenvalue weighted by Crippen LogP contribution is -2.66. The van der Waals surface area contributed by atoms with Gasteiger partial charge in [-0.3, -0.25) is 0 Å². The zero-order valence-electron chi connectivity index (χ0n) is 34.2. The molecule has 0 saturated carbocycles. The smallest absolute Gasteiger partial charge is 0.163 e. The third-order valence-electron chi connectivity index (χ3n) is 12.5. The van der Waals surface area contributed by atoms with E-state index in [2.05, 4.69) is 57.2 Å². The first-order chi connectivity index (χ1) is 28.2. The summed E-state index contributed by atoms with van der Waals surface area (Å²) in [6, 6.07) is 24.8. The molecule has 0 radical (unpaired) electrons. The van der Waals surface area contributed by atoms with E-state index < -0.39 is 74.2 Å². The summed E-state index contributed by atoms with van der Waals surface area (Å²) in [6.45, 7) is 13.8. The second kappa shape index (κ2) is 17.8. The van der Waals surface area contributed by atoms with Crippen LogP contribution in [-0.4, -0.2) is 112 Å². The fourth-order valence-electron chi connectivity index (χ4n) is 9.22. The molecule has 0 amide bonds. The van der Waals surface area contributed by atoms with Gasteiger partial charge < -0.3 is 61.6 Å². The molecule has 13 nitrogen and oxygen atoms in total. The Morgan fingerprint density at radius 3 is 1.50 bits per heavy atom. The number of hydrogen-bond donors (Lipinski definition) is 0. The topological polar surface area (TPSA) is 120 Å². The lowest BCUT2D eigenvalue weighted by atomic mass is 9.88. The minimum absolute atomic E-state index is 0.213. The summed E-state index contributed by atoms with van der Waals surface area (Å²) in [7, 11) is 0. The number of benzene rings is 3. The Bertz CT molecular complexity index is 1800. The Labute approximate surface area is 340 Å². The molecule has 58 heavy (non-hydrogen) atoms. The number of rotatable bonds is 10. The van der Waals surface area contributed by atoms with Gasteiger partial charge in [-0.25, -0.2) is 0 Å². The van der Waals surface area contributed by atoms with Crippen molar-refractivity contribution >= 4 is 10.8 Å². The molecule has 6 heterocycles. The van der Waals surface area contributed by atoms with Crippen molar-refractivity contribution in [2.45, 2.75) is 147 Å². The van der Waals surface area contributed by atoms with Gasteiger partial charge in [0.15, 0.2) is 37.7 Å². The molecule has 0 aliphatic carbocycles. The van der Waals surface area contributed by atoms with Crippen LogP contribution in [0.3, 0.4) is 0 Å². The summed E-state index contributed by atoms with van der Waals surface area (Å²) >= 11 is 0. The number of ether oxygens (including phenoxy) is 13. The Morgan fingerprint density at radius 2 is 0.914 bits per heavy atom. The summed E-state index contributed by atoms with van der Waals surface area (Å²) < 4.78 is 84.2. The third kappa shape index (κ3) is 8.62. The Hall–Kier alpha value is -2.60. The Kier molecular flexibility index (Phi) is 12.5. The van der Waals surface area contributed by atoms with Crippen molar-refractivity contribution in [1.29, 1.82) is 0 Å². The van der Waals surface area contributed by atoms with Crippen molar-refractivity contribution in [2.24, 2.45) is 17.8 Å². The van der Waals surface area contributed by atoms with Gasteiger partial charge in [0.05, 0.1) is 51.3 Å². The van der Waals surface area contributed by atoms with Crippen molar-refractivity contribution in [3.8, 4) is 0 Å². The van der Waals surface area contributed by atoms with Crippen molar-refractivity contribution < 1.29 is 61.6 Å². The average molecular weight is 807 g/mol. The minimum Gasteiger partial charge on any atom is -0.370 e. The molecular weight excluding hydrogens is 748 g/mol. The molecule has 6 aliphatic heterocycles. The Balaban J connectivity index is 0.944. The molecule has 316 valence electrons. The first-order valence-electron chi connectivity index (χ1n) is 21.0. The first kappa shape index (κ1) is 40.8. The maximum absolute atomic E-state index is 7.11. The second-order valence-electron chi connectivity index (χ2n) is 16.7. The van der Waals surface area contributed by atoms with Gasteiger partial charge in [0.2, 0.25) is 0 Å². The molecule has 3 aromatic rings. The molecule has 3 aromatic carbocycles. The monoisotopic (exact) mass is 806 g/mol. The van der Waals surface area contributed by atoms with E-state index in [1.54, 1.807) is 0 Å². The van der Waals surface area contributed by atoms with Gasteiger partial charge in [-0.05, 0) is 48.7 Å². The average Bonchev–Trinajstić information content (AvgIpc) is 3.23. The van der Waals surface area contributed by atoms with Crippen LogP contribution in [0, 0.1) is 17.8 Å². The molecule has 6 fully saturated rings. The fraction of sp³-hybridized carbons (Fsp3) is 0.644. The van der Waals surface area contributed by atoms with Crippen molar-refractivity contribution in [1.82, 2.24) is 0 Å². The lowest BCUT2D eigenvalue weighted by molar-refractivity contribution is -0.407. The molecule has 0 spiro atoms. The predicted molar refractivity (Wildman–Crippen MR) is 208 cm³/mol. The lowest BCUT2D eigenvalue weighted by Gasteiger charge is -2.53. The van der Waals surface area contributed by atoms with Crippen LogP contribution in [0.4, 0.5) is 0 Å². The van der Waals surface area contributed by atoms with E-state index in [0.29, 0.717) is 33.0 Å². The molecule has 0 bridgehead atoms. The van der Waals surface area contributed by atoms with Gasteiger partial charge in [0, 0.05) is 17.8 Å². The molecule has 0 aromatic heterocycles. The van der Waals surface area contributed by atoms with Crippen LogP contribution in [-0.2, 0) is 74.8 Å². The third-order valence-corrected chi connectivity index (χ3v) is 12.5. The van der Waals surface area contributed by atoms with Gasteiger partial charge in [-0.2, -0.15) is 0 Å². The molecule has 13 heteroatoms. The van der Waals surface area contributed by atoms with Crippen LogP contribution in [0.5, 0.6) is 0 Å². The number of fused-ring (bicyclic) bond motifs is 4. The Morgan fingerprint density at radius 1 is 0.448 bits per heavy atom. The molecule has 6 aliphatic rings. The minimum atomic E-state index is -0.705. The van der Waals surface area contributed by atoms with Crippen LogP contribution in [0.2, 0.25) is 0 Å². The molecular formula is C45H58O13. The van der Waals surface area contributed by atoms with E-state index >= 15 is 0 Å².